The smallest absolute Gasteiger partial charge is 0.133 e. The van der Waals surface area contributed by atoms with E-state index in [2.05, 4.69) is 22.9 Å². The molecular weight excluding hydrogens is 268 g/mol. The van der Waals surface area contributed by atoms with Gasteiger partial charge >= 0.3 is 0 Å². The van der Waals surface area contributed by atoms with Crippen molar-refractivity contribution in [2.75, 3.05) is 13.7 Å². The van der Waals surface area contributed by atoms with Crippen LogP contribution in [0.1, 0.15) is 24.9 Å². The Morgan fingerprint density at radius 2 is 2.12 bits per heavy atom. The fraction of sp³-hybridized carbons (Fsp3) is 0.500. The molecule has 0 amide bonds. The topological polar surface area (TPSA) is 61.3 Å². The van der Waals surface area contributed by atoms with Crippen molar-refractivity contribution in [2.24, 2.45) is 17.4 Å². The van der Waals surface area contributed by atoms with E-state index in [-0.39, 0.29) is 6.04 Å². The minimum absolute atomic E-state index is 0.0285. The Morgan fingerprint density at radius 1 is 1.44 bits per heavy atom. The number of benzene rings is 1. The normalized spacial score (nSPS) is 14.6. The third kappa shape index (κ3) is 3.47. The first-order valence-corrected chi connectivity index (χ1v) is 6.16. The van der Waals surface area contributed by atoms with Gasteiger partial charge in [0.2, 0.25) is 0 Å². The van der Waals surface area contributed by atoms with E-state index in [1.807, 2.05) is 18.2 Å². The van der Waals surface area contributed by atoms with Crippen LogP contribution in [0.25, 0.3) is 0 Å². The predicted molar refractivity (Wildman–Crippen MR) is 70.5 cm³/mol. The van der Waals surface area contributed by atoms with E-state index in [4.69, 9.17) is 16.2 Å². The zero-order valence-electron chi connectivity index (χ0n) is 9.74. The van der Waals surface area contributed by atoms with Gasteiger partial charge in [0.15, 0.2) is 0 Å². The van der Waals surface area contributed by atoms with E-state index in [0.717, 1.165) is 22.2 Å². The number of ether oxygens (including phenoxy) is 1. The molecule has 0 aliphatic heterocycles. The fourth-order valence-electron chi connectivity index (χ4n) is 1.58. The maximum Gasteiger partial charge on any atom is 0.133 e. The van der Waals surface area contributed by atoms with E-state index >= 15 is 0 Å². The highest BCUT2D eigenvalue weighted by Crippen LogP contribution is 2.29. The van der Waals surface area contributed by atoms with Crippen molar-refractivity contribution in [3.8, 4) is 5.75 Å². The minimum atomic E-state index is 0.0285. The highest BCUT2D eigenvalue weighted by Gasteiger charge is 2.11. The molecule has 0 bridgehead atoms. The summed E-state index contributed by atoms with van der Waals surface area (Å²) in [7, 11) is 1.65. The van der Waals surface area contributed by atoms with E-state index in [9.17, 15) is 0 Å². The average Bonchev–Trinajstić information content (AvgIpc) is 2.28. The van der Waals surface area contributed by atoms with Crippen LogP contribution >= 0.6 is 15.9 Å². The first-order chi connectivity index (χ1) is 7.58. The Morgan fingerprint density at radius 3 is 2.62 bits per heavy atom. The lowest BCUT2D eigenvalue weighted by atomic mass is 9.97. The summed E-state index contributed by atoms with van der Waals surface area (Å²) < 4.78 is 6.11. The highest BCUT2D eigenvalue weighted by molar-refractivity contribution is 9.10. The van der Waals surface area contributed by atoms with E-state index in [1.165, 1.54) is 0 Å². The van der Waals surface area contributed by atoms with Crippen molar-refractivity contribution in [1.82, 2.24) is 0 Å². The highest BCUT2D eigenvalue weighted by atomic mass is 79.9. The van der Waals surface area contributed by atoms with Gasteiger partial charge in [0, 0.05) is 6.04 Å². The fourth-order valence-corrected chi connectivity index (χ4v) is 2.14. The van der Waals surface area contributed by atoms with Crippen LogP contribution in [0.2, 0.25) is 0 Å². The standard InChI is InChI=1S/C12H19BrN2O/c1-8(7-14)5-11(15)9-3-4-12(16-2)10(13)6-9/h3-4,6,8,11H,5,7,14-15H2,1-2H3. The summed E-state index contributed by atoms with van der Waals surface area (Å²) in [5.41, 5.74) is 12.8. The molecule has 0 aliphatic carbocycles. The van der Waals surface area contributed by atoms with Gasteiger partial charge < -0.3 is 16.2 Å². The summed E-state index contributed by atoms with van der Waals surface area (Å²) in [5, 5.41) is 0. The summed E-state index contributed by atoms with van der Waals surface area (Å²) in [5.74, 6) is 1.26. The lowest BCUT2D eigenvalue weighted by molar-refractivity contribution is 0.411. The zero-order chi connectivity index (χ0) is 12.1. The molecule has 0 radical (unpaired) electrons. The molecule has 0 fully saturated rings. The van der Waals surface area contributed by atoms with Gasteiger partial charge in [-0.3, -0.25) is 0 Å². The first kappa shape index (κ1) is 13.5. The number of halogens is 1. The van der Waals surface area contributed by atoms with Crippen molar-refractivity contribution in [3.63, 3.8) is 0 Å². The monoisotopic (exact) mass is 286 g/mol. The first-order valence-electron chi connectivity index (χ1n) is 5.37. The van der Waals surface area contributed by atoms with Crippen LogP contribution in [-0.4, -0.2) is 13.7 Å². The second-order valence-electron chi connectivity index (χ2n) is 4.08. The Balaban J connectivity index is 2.76. The lowest BCUT2D eigenvalue weighted by Crippen LogP contribution is -2.19. The Hall–Kier alpha value is -0.580. The van der Waals surface area contributed by atoms with Crippen molar-refractivity contribution in [1.29, 1.82) is 0 Å². The summed E-state index contributed by atoms with van der Waals surface area (Å²) in [6.07, 6.45) is 0.898. The minimum Gasteiger partial charge on any atom is -0.496 e. The SMILES string of the molecule is COc1ccc(C(N)CC(C)CN)cc1Br. The summed E-state index contributed by atoms with van der Waals surface area (Å²) >= 11 is 3.45. The molecular formula is C12H19BrN2O. The lowest BCUT2D eigenvalue weighted by Gasteiger charge is -2.17. The molecule has 0 aromatic heterocycles. The molecule has 2 atom stereocenters. The molecule has 0 saturated heterocycles. The third-order valence-electron chi connectivity index (χ3n) is 2.66. The molecule has 3 nitrogen and oxygen atoms in total. The maximum absolute atomic E-state index is 6.11. The van der Waals surface area contributed by atoms with Crippen LogP contribution in [-0.2, 0) is 0 Å². The molecule has 0 spiro atoms. The van der Waals surface area contributed by atoms with Gasteiger partial charge in [-0.15, -0.1) is 0 Å². The summed E-state index contributed by atoms with van der Waals surface area (Å²) in [6, 6.07) is 5.96. The Labute approximate surface area is 105 Å². The number of nitrogens with two attached hydrogens (primary N) is 2. The maximum atomic E-state index is 6.11. The van der Waals surface area contributed by atoms with Crippen molar-refractivity contribution in [2.45, 2.75) is 19.4 Å². The molecule has 0 aliphatic rings. The molecule has 16 heavy (non-hydrogen) atoms. The molecule has 2 unspecified atom stereocenters. The van der Waals surface area contributed by atoms with Crippen LogP contribution in [0.4, 0.5) is 0 Å². The third-order valence-corrected chi connectivity index (χ3v) is 3.28. The largest absolute Gasteiger partial charge is 0.496 e. The van der Waals surface area contributed by atoms with Gasteiger partial charge in [-0.05, 0) is 52.5 Å². The van der Waals surface area contributed by atoms with Crippen LogP contribution in [0.3, 0.4) is 0 Å². The molecule has 1 rings (SSSR count). The van der Waals surface area contributed by atoms with Crippen LogP contribution < -0.4 is 16.2 Å². The average molecular weight is 287 g/mol. The summed E-state index contributed by atoms with van der Waals surface area (Å²) in [6.45, 7) is 2.78. The van der Waals surface area contributed by atoms with Gasteiger partial charge in [-0.2, -0.15) is 0 Å². The number of methoxy groups -OCH3 is 1. The van der Waals surface area contributed by atoms with E-state index in [1.54, 1.807) is 7.11 Å². The molecule has 1 aromatic rings. The van der Waals surface area contributed by atoms with Crippen LogP contribution in [0.15, 0.2) is 22.7 Å². The Bertz CT molecular complexity index is 344. The predicted octanol–water partition coefficient (Wildman–Crippen LogP) is 2.44. The van der Waals surface area contributed by atoms with Gasteiger partial charge in [0.05, 0.1) is 11.6 Å². The molecule has 0 heterocycles. The second kappa shape index (κ2) is 6.23. The molecule has 4 heteroatoms. The number of hydrogen-bond acceptors (Lipinski definition) is 3. The quantitative estimate of drug-likeness (QED) is 0.874. The van der Waals surface area contributed by atoms with Crippen LogP contribution in [0.5, 0.6) is 5.75 Å². The van der Waals surface area contributed by atoms with E-state index in [0.29, 0.717) is 12.5 Å². The zero-order valence-corrected chi connectivity index (χ0v) is 11.3. The molecule has 90 valence electrons. The second-order valence-corrected chi connectivity index (χ2v) is 4.93. The number of rotatable bonds is 5. The van der Waals surface area contributed by atoms with Crippen molar-refractivity contribution >= 4 is 15.9 Å². The molecule has 4 N–H and O–H groups in total. The Kier molecular flexibility index (Phi) is 5.25. The van der Waals surface area contributed by atoms with Gasteiger partial charge in [0.25, 0.3) is 0 Å². The van der Waals surface area contributed by atoms with Crippen molar-refractivity contribution < 1.29 is 4.74 Å². The molecule has 0 saturated carbocycles. The molecule has 1 aromatic carbocycles. The van der Waals surface area contributed by atoms with Gasteiger partial charge in [-0.1, -0.05) is 13.0 Å². The number of hydrogen-bond donors (Lipinski definition) is 2. The van der Waals surface area contributed by atoms with E-state index < -0.39 is 0 Å². The van der Waals surface area contributed by atoms with Gasteiger partial charge in [-0.25, -0.2) is 0 Å². The van der Waals surface area contributed by atoms with Crippen LogP contribution in [0, 0.1) is 5.92 Å². The van der Waals surface area contributed by atoms with Gasteiger partial charge in [0.1, 0.15) is 5.75 Å². The summed E-state index contributed by atoms with van der Waals surface area (Å²) in [4.78, 5) is 0. The van der Waals surface area contributed by atoms with Crippen molar-refractivity contribution in [3.05, 3.63) is 28.2 Å².